The number of primary amides is 1. The van der Waals surface area contributed by atoms with Crippen LogP contribution in [0.5, 0.6) is 0 Å². The molecule has 0 saturated heterocycles. The van der Waals surface area contributed by atoms with Gasteiger partial charge in [0, 0.05) is 12.4 Å². The van der Waals surface area contributed by atoms with Gasteiger partial charge in [0.25, 0.3) is 0 Å². The number of fused-ring (bicyclic) bond motifs is 1. The van der Waals surface area contributed by atoms with Gasteiger partial charge in [0.2, 0.25) is 5.91 Å². The fourth-order valence-corrected chi connectivity index (χ4v) is 0.945. The summed E-state index contributed by atoms with van der Waals surface area (Å²) in [4.78, 5) is 14.7. The minimum atomic E-state index is -0.493. The Balaban J connectivity index is 2.68. The topological polar surface area (TPSA) is 73.3 Å². The Kier molecular flexibility index (Phi) is 1.30. The molecule has 0 radical (unpaired) electrons. The zero-order valence-corrected chi connectivity index (χ0v) is 6.14. The Bertz CT molecular complexity index is 434. The lowest BCUT2D eigenvalue weighted by atomic mass is 10.3. The van der Waals surface area contributed by atoms with Crippen LogP contribution < -0.4 is 5.73 Å². The summed E-state index contributed by atoms with van der Waals surface area (Å²) in [6, 6.07) is 1.59. The van der Waals surface area contributed by atoms with Gasteiger partial charge in [-0.2, -0.15) is 5.10 Å². The first-order valence-corrected chi connectivity index (χ1v) is 3.36. The van der Waals surface area contributed by atoms with E-state index in [9.17, 15) is 4.79 Å². The number of rotatable bonds is 1. The summed E-state index contributed by atoms with van der Waals surface area (Å²) in [6.07, 6.45) is 4.71. The van der Waals surface area contributed by atoms with E-state index in [1.165, 1.54) is 6.20 Å². The molecule has 60 valence electrons. The van der Waals surface area contributed by atoms with Crippen LogP contribution in [0.25, 0.3) is 5.65 Å². The standard InChI is InChI=1S/C7H6N4O/c8-7(12)5-3-6-9-1-2-11(6)10-4-5/h1-4H,(H2,8,12). The maximum atomic E-state index is 10.7. The molecular formula is C7H6N4O. The summed E-state index contributed by atoms with van der Waals surface area (Å²) in [5.41, 5.74) is 6.04. The molecule has 0 spiro atoms. The van der Waals surface area contributed by atoms with Gasteiger partial charge in [-0.25, -0.2) is 9.50 Å². The molecule has 0 aliphatic rings. The Morgan fingerprint density at radius 2 is 2.42 bits per heavy atom. The van der Waals surface area contributed by atoms with Crippen LogP contribution in [0.3, 0.4) is 0 Å². The molecule has 0 unspecified atom stereocenters. The van der Waals surface area contributed by atoms with Gasteiger partial charge >= 0.3 is 0 Å². The molecule has 2 aromatic rings. The lowest BCUT2D eigenvalue weighted by Gasteiger charge is -1.94. The first kappa shape index (κ1) is 6.78. The van der Waals surface area contributed by atoms with Gasteiger partial charge in [0.1, 0.15) is 0 Å². The number of amides is 1. The molecule has 12 heavy (non-hydrogen) atoms. The highest BCUT2D eigenvalue weighted by atomic mass is 16.1. The number of nitrogens with two attached hydrogens (primary N) is 1. The van der Waals surface area contributed by atoms with Crippen LogP contribution in [-0.4, -0.2) is 20.5 Å². The number of imidazole rings is 1. The maximum Gasteiger partial charge on any atom is 0.250 e. The first-order valence-electron chi connectivity index (χ1n) is 3.36. The van der Waals surface area contributed by atoms with E-state index in [0.29, 0.717) is 11.2 Å². The molecule has 0 saturated carbocycles. The average Bonchev–Trinajstić information content (AvgIpc) is 2.49. The second-order valence-electron chi connectivity index (χ2n) is 2.34. The molecule has 5 nitrogen and oxygen atoms in total. The van der Waals surface area contributed by atoms with E-state index < -0.39 is 5.91 Å². The highest BCUT2D eigenvalue weighted by Crippen LogP contribution is 2.01. The molecule has 0 aliphatic carbocycles. The van der Waals surface area contributed by atoms with Gasteiger partial charge in [0.15, 0.2) is 5.65 Å². The number of nitrogens with zero attached hydrogens (tertiary/aromatic N) is 3. The van der Waals surface area contributed by atoms with Crippen LogP contribution in [0.1, 0.15) is 10.4 Å². The third-order valence-corrected chi connectivity index (χ3v) is 1.54. The van der Waals surface area contributed by atoms with Gasteiger partial charge < -0.3 is 5.73 Å². The Morgan fingerprint density at radius 3 is 3.17 bits per heavy atom. The van der Waals surface area contributed by atoms with Gasteiger partial charge in [-0.3, -0.25) is 4.79 Å². The number of carbonyl (C=O) groups is 1. The van der Waals surface area contributed by atoms with E-state index in [-0.39, 0.29) is 0 Å². The van der Waals surface area contributed by atoms with Crippen molar-refractivity contribution in [2.45, 2.75) is 0 Å². The number of carbonyl (C=O) groups excluding carboxylic acids is 1. The summed E-state index contributed by atoms with van der Waals surface area (Å²) in [6.45, 7) is 0. The summed E-state index contributed by atoms with van der Waals surface area (Å²) in [5, 5.41) is 3.92. The predicted octanol–water partition coefficient (Wildman–Crippen LogP) is -0.172. The van der Waals surface area contributed by atoms with E-state index >= 15 is 0 Å². The summed E-state index contributed by atoms with van der Waals surface area (Å²) in [5.74, 6) is -0.493. The molecule has 2 heterocycles. The van der Waals surface area contributed by atoms with Crippen molar-refractivity contribution in [2.24, 2.45) is 5.73 Å². The van der Waals surface area contributed by atoms with E-state index in [2.05, 4.69) is 10.1 Å². The molecule has 0 fully saturated rings. The average molecular weight is 162 g/mol. The van der Waals surface area contributed by atoms with Crippen molar-refractivity contribution in [3.8, 4) is 0 Å². The summed E-state index contributed by atoms with van der Waals surface area (Å²) >= 11 is 0. The van der Waals surface area contributed by atoms with E-state index in [4.69, 9.17) is 5.73 Å². The largest absolute Gasteiger partial charge is 0.366 e. The number of hydrogen-bond donors (Lipinski definition) is 1. The van der Waals surface area contributed by atoms with Gasteiger partial charge in [0.05, 0.1) is 11.8 Å². The van der Waals surface area contributed by atoms with Crippen LogP contribution >= 0.6 is 0 Å². The third kappa shape index (κ3) is 0.914. The lowest BCUT2D eigenvalue weighted by molar-refractivity contribution is 0.1000. The summed E-state index contributed by atoms with van der Waals surface area (Å²) in [7, 11) is 0. The highest BCUT2D eigenvalue weighted by molar-refractivity contribution is 5.93. The van der Waals surface area contributed by atoms with Crippen molar-refractivity contribution < 1.29 is 4.79 Å². The van der Waals surface area contributed by atoms with E-state index in [1.807, 2.05) is 0 Å². The van der Waals surface area contributed by atoms with Crippen molar-refractivity contribution in [3.05, 3.63) is 30.2 Å². The minimum Gasteiger partial charge on any atom is -0.366 e. The zero-order chi connectivity index (χ0) is 8.55. The predicted molar refractivity (Wildman–Crippen MR) is 41.5 cm³/mol. The monoisotopic (exact) mass is 162 g/mol. The van der Waals surface area contributed by atoms with Crippen LogP contribution in [-0.2, 0) is 0 Å². The molecule has 0 atom stereocenters. The van der Waals surface area contributed by atoms with Crippen LogP contribution in [0.15, 0.2) is 24.7 Å². The molecule has 2 rings (SSSR count). The molecule has 1 amide bonds. The molecular weight excluding hydrogens is 156 g/mol. The van der Waals surface area contributed by atoms with Crippen LogP contribution in [0.2, 0.25) is 0 Å². The van der Waals surface area contributed by atoms with Crippen molar-refractivity contribution in [1.29, 1.82) is 0 Å². The molecule has 0 aromatic carbocycles. The fourth-order valence-electron chi connectivity index (χ4n) is 0.945. The first-order chi connectivity index (χ1) is 5.77. The van der Waals surface area contributed by atoms with E-state index in [0.717, 1.165) is 0 Å². The second-order valence-corrected chi connectivity index (χ2v) is 2.34. The smallest absolute Gasteiger partial charge is 0.250 e. The normalized spacial score (nSPS) is 10.3. The Hall–Kier alpha value is -1.91. The summed E-state index contributed by atoms with van der Waals surface area (Å²) < 4.78 is 1.56. The van der Waals surface area contributed by atoms with Crippen molar-refractivity contribution in [1.82, 2.24) is 14.6 Å². The SMILES string of the molecule is NC(=O)c1cnn2ccnc2c1. The van der Waals surface area contributed by atoms with E-state index in [1.54, 1.807) is 23.0 Å². The second kappa shape index (κ2) is 2.30. The van der Waals surface area contributed by atoms with Gasteiger partial charge in [-0.15, -0.1) is 0 Å². The minimum absolute atomic E-state index is 0.369. The molecule has 5 heteroatoms. The fraction of sp³-hybridized carbons (Fsp3) is 0. The van der Waals surface area contributed by atoms with Crippen LogP contribution in [0, 0.1) is 0 Å². The van der Waals surface area contributed by atoms with Gasteiger partial charge in [-0.1, -0.05) is 0 Å². The number of hydrogen-bond acceptors (Lipinski definition) is 3. The maximum absolute atomic E-state index is 10.7. The molecule has 0 aliphatic heterocycles. The van der Waals surface area contributed by atoms with Crippen molar-refractivity contribution in [3.63, 3.8) is 0 Å². The molecule has 2 aromatic heterocycles. The van der Waals surface area contributed by atoms with Crippen molar-refractivity contribution in [2.75, 3.05) is 0 Å². The molecule has 0 bridgehead atoms. The lowest BCUT2D eigenvalue weighted by Crippen LogP contribution is -2.11. The Morgan fingerprint density at radius 1 is 1.58 bits per heavy atom. The van der Waals surface area contributed by atoms with Gasteiger partial charge in [-0.05, 0) is 6.07 Å². The highest BCUT2D eigenvalue weighted by Gasteiger charge is 2.02. The quantitative estimate of drug-likeness (QED) is 0.632. The third-order valence-electron chi connectivity index (χ3n) is 1.54. The Labute approximate surface area is 67.8 Å². The number of aromatic nitrogens is 3. The molecule has 2 N–H and O–H groups in total. The van der Waals surface area contributed by atoms with Crippen molar-refractivity contribution >= 4 is 11.6 Å². The van der Waals surface area contributed by atoms with Crippen LogP contribution in [0.4, 0.5) is 0 Å². The zero-order valence-electron chi connectivity index (χ0n) is 6.14.